The lowest BCUT2D eigenvalue weighted by Gasteiger charge is -2.34. The Morgan fingerprint density at radius 3 is 2.53 bits per heavy atom. The van der Waals surface area contributed by atoms with Crippen LogP contribution in [0.3, 0.4) is 0 Å². The Kier molecular flexibility index (Phi) is 2.67. The molecule has 1 aromatic rings. The molecule has 0 radical (unpaired) electrons. The van der Waals surface area contributed by atoms with Gasteiger partial charge < -0.3 is 14.9 Å². The molecule has 15 heavy (non-hydrogen) atoms. The number of hydrogen-bond donors (Lipinski definition) is 2. The number of aromatic hydroxyl groups is 1. The molecule has 1 aliphatic rings. The molecule has 0 aliphatic carbocycles. The lowest BCUT2D eigenvalue weighted by atomic mass is 9.83. The molecule has 0 atom stereocenters. The number of phenolic OH excluding ortho intramolecular Hbond substituents is 1. The first-order chi connectivity index (χ1) is 7.13. The quantitative estimate of drug-likeness (QED) is 0.738. The van der Waals surface area contributed by atoms with Crippen LogP contribution >= 0.6 is 0 Å². The summed E-state index contributed by atoms with van der Waals surface area (Å²) >= 11 is 0. The molecular weight excluding hydrogens is 192 g/mol. The summed E-state index contributed by atoms with van der Waals surface area (Å²) in [5, 5.41) is 20.3. The third-order valence-corrected chi connectivity index (χ3v) is 3.04. The van der Waals surface area contributed by atoms with Gasteiger partial charge in [-0.15, -0.1) is 0 Å². The van der Waals surface area contributed by atoms with Gasteiger partial charge in [-0.2, -0.15) is 0 Å². The third kappa shape index (κ3) is 1.85. The van der Waals surface area contributed by atoms with Crippen molar-refractivity contribution in [1.29, 1.82) is 0 Å². The number of aliphatic hydroxyl groups is 1. The highest BCUT2D eigenvalue weighted by Gasteiger charge is 2.35. The van der Waals surface area contributed by atoms with Crippen molar-refractivity contribution < 1.29 is 14.9 Å². The maximum atomic E-state index is 10.5. The third-order valence-electron chi connectivity index (χ3n) is 3.04. The van der Waals surface area contributed by atoms with E-state index in [0.717, 1.165) is 5.56 Å². The van der Waals surface area contributed by atoms with Gasteiger partial charge >= 0.3 is 0 Å². The van der Waals surface area contributed by atoms with Crippen molar-refractivity contribution >= 4 is 0 Å². The van der Waals surface area contributed by atoms with E-state index in [0.29, 0.717) is 31.6 Å². The monoisotopic (exact) mass is 208 g/mol. The molecular formula is C12H16O3. The molecule has 1 heterocycles. The molecule has 82 valence electrons. The number of rotatable bonds is 1. The molecule has 2 N–H and O–H groups in total. The first-order valence-corrected chi connectivity index (χ1v) is 5.23. The molecule has 3 nitrogen and oxygen atoms in total. The maximum absolute atomic E-state index is 10.5. The van der Waals surface area contributed by atoms with Crippen molar-refractivity contribution in [2.75, 3.05) is 13.2 Å². The summed E-state index contributed by atoms with van der Waals surface area (Å²) in [5.41, 5.74) is 0.668. The summed E-state index contributed by atoms with van der Waals surface area (Å²) in [6.07, 6.45) is 1.09. The van der Waals surface area contributed by atoms with Crippen LogP contribution in [0.25, 0.3) is 0 Å². The van der Waals surface area contributed by atoms with Crippen LogP contribution in [0.15, 0.2) is 18.2 Å². The summed E-state index contributed by atoms with van der Waals surface area (Å²) in [6.45, 7) is 3.00. The molecule has 0 unspecified atom stereocenters. The lowest BCUT2D eigenvalue weighted by molar-refractivity contribution is -0.0692. The Labute approximate surface area is 89.3 Å². The molecule has 1 fully saturated rings. The summed E-state index contributed by atoms with van der Waals surface area (Å²) in [4.78, 5) is 0. The van der Waals surface area contributed by atoms with Gasteiger partial charge in [-0.05, 0) is 18.6 Å². The minimum atomic E-state index is -0.923. The van der Waals surface area contributed by atoms with Gasteiger partial charge in [-0.1, -0.05) is 12.1 Å². The second-order valence-electron chi connectivity index (χ2n) is 4.11. The smallest absolute Gasteiger partial charge is 0.121 e. The zero-order valence-corrected chi connectivity index (χ0v) is 8.86. The SMILES string of the molecule is Cc1cccc(O)c1C1(O)CCOCC1. The number of ether oxygens (including phenoxy) is 1. The van der Waals surface area contributed by atoms with E-state index in [2.05, 4.69) is 0 Å². The molecule has 0 saturated carbocycles. The topological polar surface area (TPSA) is 49.7 Å². The van der Waals surface area contributed by atoms with Gasteiger partial charge in [0.25, 0.3) is 0 Å². The molecule has 0 aromatic heterocycles. The van der Waals surface area contributed by atoms with E-state index in [1.54, 1.807) is 12.1 Å². The second-order valence-corrected chi connectivity index (χ2v) is 4.11. The normalized spacial score (nSPS) is 20.1. The van der Waals surface area contributed by atoms with Gasteiger partial charge in [0.1, 0.15) is 5.75 Å². The van der Waals surface area contributed by atoms with Crippen LogP contribution < -0.4 is 0 Å². The van der Waals surface area contributed by atoms with E-state index in [4.69, 9.17) is 4.74 Å². The molecule has 1 aromatic carbocycles. The van der Waals surface area contributed by atoms with Crippen molar-refractivity contribution in [1.82, 2.24) is 0 Å². The predicted octanol–water partition coefficient (Wildman–Crippen LogP) is 1.70. The zero-order chi connectivity index (χ0) is 10.9. The fourth-order valence-corrected chi connectivity index (χ4v) is 2.22. The van der Waals surface area contributed by atoms with Gasteiger partial charge in [-0.3, -0.25) is 0 Å². The Balaban J connectivity index is 2.42. The second kappa shape index (κ2) is 3.83. The summed E-state index contributed by atoms with van der Waals surface area (Å²) in [5.74, 6) is 0.180. The summed E-state index contributed by atoms with van der Waals surface area (Å²) in [7, 11) is 0. The molecule has 3 heteroatoms. The first-order valence-electron chi connectivity index (χ1n) is 5.23. The number of hydrogen-bond acceptors (Lipinski definition) is 3. The molecule has 0 spiro atoms. The van der Waals surface area contributed by atoms with E-state index in [9.17, 15) is 10.2 Å². The average Bonchev–Trinajstić information content (AvgIpc) is 2.18. The highest BCUT2D eigenvalue weighted by Crippen LogP contribution is 2.38. The fourth-order valence-electron chi connectivity index (χ4n) is 2.22. The van der Waals surface area contributed by atoms with Crippen LogP contribution in [0.5, 0.6) is 5.75 Å². The lowest BCUT2D eigenvalue weighted by Crippen LogP contribution is -2.34. The highest BCUT2D eigenvalue weighted by atomic mass is 16.5. The fraction of sp³-hybridized carbons (Fsp3) is 0.500. The molecule has 1 saturated heterocycles. The zero-order valence-electron chi connectivity index (χ0n) is 8.86. The minimum absolute atomic E-state index is 0.180. The van der Waals surface area contributed by atoms with Crippen LogP contribution in [0.2, 0.25) is 0 Å². The molecule has 0 bridgehead atoms. The van der Waals surface area contributed by atoms with Gasteiger partial charge in [0.2, 0.25) is 0 Å². The first kappa shape index (κ1) is 10.5. The van der Waals surface area contributed by atoms with E-state index in [1.807, 2.05) is 13.0 Å². The van der Waals surface area contributed by atoms with Gasteiger partial charge in [-0.25, -0.2) is 0 Å². The number of benzene rings is 1. The van der Waals surface area contributed by atoms with Crippen molar-refractivity contribution in [2.45, 2.75) is 25.4 Å². The highest BCUT2D eigenvalue weighted by molar-refractivity contribution is 5.43. The minimum Gasteiger partial charge on any atom is -0.508 e. The Bertz CT molecular complexity index is 334. The van der Waals surface area contributed by atoms with E-state index >= 15 is 0 Å². The average molecular weight is 208 g/mol. The number of aryl methyl sites for hydroxylation is 1. The van der Waals surface area contributed by atoms with E-state index in [1.165, 1.54) is 0 Å². The van der Waals surface area contributed by atoms with E-state index in [-0.39, 0.29) is 5.75 Å². The Morgan fingerprint density at radius 2 is 1.93 bits per heavy atom. The van der Waals surface area contributed by atoms with Crippen LogP contribution in [-0.4, -0.2) is 23.4 Å². The maximum Gasteiger partial charge on any atom is 0.121 e. The van der Waals surface area contributed by atoms with Crippen LogP contribution in [0.4, 0.5) is 0 Å². The largest absolute Gasteiger partial charge is 0.508 e. The van der Waals surface area contributed by atoms with E-state index < -0.39 is 5.60 Å². The molecule has 1 aliphatic heterocycles. The summed E-state index contributed by atoms with van der Waals surface area (Å²) < 4.78 is 5.22. The Morgan fingerprint density at radius 1 is 1.27 bits per heavy atom. The molecule has 2 rings (SSSR count). The van der Waals surface area contributed by atoms with Gasteiger partial charge in [0, 0.05) is 31.6 Å². The van der Waals surface area contributed by atoms with Crippen LogP contribution in [0.1, 0.15) is 24.0 Å². The predicted molar refractivity (Wildman–Crippen MR) is 56.8 cm³/mol. The van der Waals surface area contributed by atoms with Crippen molar-refractivity contribution in [3.63, 3.8) is 0 Å². The Hall–Kier alpha value is -1.06. The molecule has 0 amide bonds. The number of phenols is 1. The van der Waals surface area contributed by atoms with Crippen LogP contribution in [-0.2, 0) is 10.3 Å². The van der Waals surface area contributed by atoms with Crippen LogP contribution in [0, 0.1) is 6.92 Å². The van der Waals surface area contributed by atoms with Crippen molar-refractivity contribution in [2.24, 2.45) is 0 Å². The van der Waals surface area contributed by atoms with Crippen molar-refractivity contribution in [3.8, 4) is 5.75 Å². The summed E-state index contributed by atoms with van der Waals surface area (Å²) in [6, 6.07) is 5.31. The van der Waals surface area contributed by atoms with Gasteiger partial charge in [0.15, 0.2) is 0 Å². The standard InChI is InChI=1S/C12H16O3/c1-9-3-2-4-10(13)11(9)12(14)5-7-15-8-6-12/h2-4,13-14H,5-8H2,1H3. The van der Waals surface area contributed by atoms with Gasteiger partial charge in [0.05, 0.1) is 5.60 Å². The van der Waals surface area contributed by atoms with Crippen molar-refractivity contribution in [3.05, 3.63) is 29.3 Å².